The van der Waals surface area contributed by atoms with Crippen LogP contribution < -0.4 is 0 Å². The second-order valence-corrected chi connectivity index (χ2v) is 5.57. The monoisotopic (exact) mass is 333 g/mol. The molecule has 0 fully saturated rings. The van der Waals surface area contributed by atoms with Crippen molar-refractivity contribution in [3.05, 3.63) is 40.1 Å². The van der Waals surface area contributed by atoms with Crippen LogP contribution in [0.4, 0.5) is 0 Å². The van der Waals surface area contributed by atoms with Gasteiger partial charge < -0.3 is 0 Å². The number of rotatable bonds is 3. The lowest BCUT2D eigenvalue weighted by Crippen LogP contribution is -1.94. The minimum absolute atomic E-state index is 0.214. The molecule has 0 radical (unpaired) electrons. The number of aromatic nitrogens is 3. The van der Waals surface area contributed by atoms with Crippen LogP contribution in [0.2, 0.25) is 10.0 Å². The summed E-state index contributed by atoms with van der Waals surface area (Å²) in [5.74, 6) is 0. The van der Waals surface area contributed by atoms with Crippen LogP contribution in [0.5, 0.6) is 0 Å². The lowest BCUT2D eigenvalue weighted by Gasteiger charge is -2.02. The minimum atomic E-state index is 0.214. The fourth-order valence-corrected chi connectivity index (χ4v) is 2.15. The molecule has 2 aromatic rings. The molecule has 0 amide bonds. The first-order valence-corrected chi connectivity index (χ1v) is 6.80. The first-order chi connectivity index (χ1) is 8.10. The zero-order valence-electron chi connectivity index (χ0n) is 9.07. The zero-order chi connectivity index (χ0) is 12.4. The molecule has 0 saturated heterocycles. The predicted molar refractivity (Wildman–Crippen MR) is 73.3 cm³/mol. The smallest absolute Gasteiger partial charge is 0.0967 e. The van der Waals surface area contributed by atoms with E-state index in [4.69, 9.17) is 23.2 Å². The molecule has 6 heteroatoms. The standard InChI is InChI=1S/C11H10BrCl2N3/c1-2-10(12)11-6-17(16-15-11)9-4-7(13)3-8(14)5-9/h3-6,10H,2H2,1H3. The van der Waals surface area contributed by atoms with Gasteiger partial charge in [0.05, 0.1) is 22.4 Å². The predicted octanol–water partition coefficient (Wildman–Crippen LogP) is 4.42. The Morgan fingerprint density at radius 1 is 1.29 bits per heavy atom. The molecular weight excluding hydrogens is 325 g/mol. The Morgan fingerprint density at radius 3 is 2.53 bits per heavy atom. The second kappa shape index (κ2) is 5.38. The van der Waals surface area contributed by atoms with Crippen LogP contribution in [0.25, 0.3) is 5.69 Å². The van der Waals surface area contributed by atoms with E-state index < -0.39 is 0 Å². The summed E-state index contributed by atoms with van der Waals surface area (Å²) in [6.07, 6.45) is 2.82. The van der Waals surface area contributed by atoms with Gasteiger partial charge in [-0.05, 0) is 24.6 Å². The number of benzene rings is 1. The van der Waals surface area contributed by atoms with Crippen molar-refractivity contribution in [1.29, 1.82) is 0 Å². The number of halogens is 3. The molecule has 0 spiro atoms. The lowest BCUT2D eigenvalue weighted by atomic mass is 10.3. The highest BCUT2D eigenvalue weighted by Gasteiger charge is 2.10. The molecule has 1 atom stereocenters. The van der Waals surface area contributed by atoms with Crippen LogP contribution in [-0.2, 0) is 0 Å². The van der Waals surface area contributed by atoms with Gasteiger partial charge >= 0.3 is 0 Å². The molecule has 0 saturated carbocycles. The van der Waals surface area contributed by atoms with Crippen LogP contribution in [0.3, 0.4) is 0 Å². The van der Waals surface area contributed by atoms with Gasteiger partial charge in [0, 0.05) is 10.0 Å². The summed E-state index contributed by atoms with van der Waals surface area (Å²) in [6.45, 7) is 2.08. The summed E-state index contributed by atoms with van der Waals surface area (Å²) >= 11 is 15.4. The highest BCUT2D eigenvalue weighted by molar-refractivity contribution is 9.09. The molecule has 90 valence electrons. The normalized spacial score (nSPS) is 12.7. The molecule has 0 aliphatic carbocycles. The lowest BCUT2D eigenvalue weighted by molar-refractivity contribution is 0.790. The Bertz CT molecular complexity index is 507. The Kier molecular flexibility index (Phi) is 4.07. The van der Waals surface area contributed by atoms with Crippen LogP contribution in [-0.4, -0.2) is 15.0 Å². The largest absolute Gasteiger partial charge is 0.220 e. The van der Waals surface area contributed by atoms with Crippen molar-refractivity contribution in [2.45, 2.75) is 18.2 Å². The van der Waals surface area contributed by atoms with Gasteiger partial charge in [-0.1, -0.05) is 51.3 Å². The van der Waals surface area contributed by atoms with Gasteiger partial charge in [0.2, 0.25) is 0 Å². The minimum Gasteiger partial charge on any atom is -0.220 e. The van der Waals surface area contributed by atoms with Crippen LogP contribution >= 0.6 is 39.1 Å². The Hall–Kier alpha value is -0.580. The van der Waals surface area contributed by atoms with Crippen molar-refractivity contribution in [2.75, 3.05) is 0 Å². The molecule has 0 N–H and O–H groups in total. The van der Waals surface area contributed by atoms with Crippen molar-refractivity contribution in [1.82, 2.24) is 15.0 Å². The van der Waals surface area contributed by atoms with E-state index >= 15 is 0 Å². The summed E-state index contributed by atoms with van der Waals surface area (Å²) in [7, 11) is 0. The van der Waals surface area contributed by atoms with Gasteiger partial charge in [-0.25, -0.2) is 4.68 Å². The first-order valence-electron chi connectivity index (χ1n) is 5.13. The van der Waals surface area contributed by atoms with Crippen molar-refractivity contribution >= 4 is 39.1 Å². The number of nitrogens with zero attached hydrogens (tertiary/aromatic N) is 3. The average Bonchev–Trinajstić information content (AvgIpc) is 2.76. The van der Waals surface area contributed by atoms with E-state index in [0.717, 1.165) is 17.8 Å². The maximum atomic E-state index is 5.94. The molecular formula is C11H10BrCl2N3. The molecule has 1 unspecified atom stereocenters. The summed E-state index contributed by atoms with van der Waals surface area (Å²) in [6, 6.07) is 5.27. The number of hydrogen-bond donors (Lipinski definition) is 0. The summed E-state index contributed by atoms with van der Waals surface area (Å²) in [5, 5.41) is 9.32. The first kappa shape index (κ1) is 12.9. The third-order valence-corrected chi connectivity index (χ3v) is 3.86. The number of alkyl halides is 1. The van der Waals surface area contributed by atoms with E-state index in [1.165, 1.54) is 0 Å². The summed E-state index contributed by atoms with van der Waals surface area (Å²) in [4.78, 5) is 0.214. The van der Waals surface area contributed by atoms with Gasteiger partial charge in [0.15, 0.2) is 0 Å². The Balaban J connectivity index is 2.36. The fraction of sp³-hybridized carbons (Fsp3) is 0.273. The topological polar surface area (TPSA) is 30.7 Å². The maximum Gasteiger partial charge on any atom is 0.0967 e. The van der Waals surface area contributed by atoms with Crippen LogP contribution in [0, 0.1) is 0 Å². The molecule has 0 bridgehead atoms. The number of hydrogen-bond acceptors (Lipinski definition) is 2. The maximum absolute atomic E-state index is 5.94. The summed E-state index contributed by atoms with van der Waals surface area (Å²) in [5.41, 5.74) is 1.70. The van der Waals surface area contributed by atoms with Crippen molar-refractivity contribution in [2.24, 2.45) is 0 Å². The van der Waals surface area contributed by atoms with E-state index in [1.54, 1.807) is 22.9 Å². The quantitative estimate of drug-likeness (QED) is 0.778. The van der Waals surface area contributed by atoms with Crippen molar-refractivity contribution in [3.8, 4) is 5.69 Å². The van der Waals surface area contributed by atoms with Crippen LogP contribution in [0.15, 0.2) is 24.4 Å². The summed E-state index contributed by atoms with van der Waals surface area (Å²) < 4.78 is 1.66. The molecule has 1 aromatic carbocycles. The molecule has 2 rings (SSSR count). The molecule has 0 aliphatic rings. The molecule has 1 heterocycles. The zero-order valence-corrected chi connectivity index (χ0v) is 12.2. The highest BCUT2D eigenvalue weighted by Crippen LogP contribution is 2.25. The highest BCUT2D eigenvalue weighted by atomic mass is 79.9. The second-order valence-electron chi connectivity index (χ2n) is 3.59. The fourth-order valence-electron chi connectivity index (χ4n) is 1.43. The van der Waals surface area contributed by atoms with E-state index in [1.807, 2.05) is 6.20 Å². The van der Waals surface area contributed by atoms with E-state index in [0.29, 0.717) is 10.0 Å². The molecule has 17 heavy (non-hydrogen) atoms. The van der Waals surface area contributed by atoms with Crippen molar-refractivity contribution < 1.29 is 0 Å². The van der Waals surface area contributed by atoms with Gasteiger partial charge in [-0.2, -0.15) is 0 Å². The Labute approximate surface area is 118 Å². The van der Waals surface area contributed by atoms with Crippen molar-refractivity contribution in [3.63, 3.8) is 0 Å². The molecule has 1 aromatic heterocycles. The molecule has 3 nitrogen and oxygen atoms in total. The third kappa shape index (κ3) is 3.00. The Morgan fingerprint density at radius 2 is 1.94 bits per heavy atom. The van der Waals surface area contributed by atoms with Crippen LogP contribution in [0.1, 0.15) is 23.9 Å². The van der Waals surface area contributed by atoms with E-state index in [2.05, 4.69) is 33.2 Å². The average molecular weight is 335 g/mol. The van der Waals surface area contributed by atoms with Gasteiger partial charge in [0.1, 0.15) is 0 Å². The van der Waals surface area contributed by atoms with Gasteiger partial charge in [-0.15, -0.1) is 5.10 Å². The van der Waals surface area contributed by atoms with E-state index in [9.17, 15) is 0 Å². The SMILES string of the molecule is CCC(Br)c1cn(-c2cc(Cl)cc(Cl)c2)nn1. The third-order valence-electron chi connectivity index (χ3n) is 2.30. The molecule has 0 aliphatic heterocycles. The van der Waals surface area contributed by atoms with Gasteiger partial charge in [0.25, 0.3) is 0 Å². The van der Waals surface area contributed by atoms with Gasteiger partial charge in [-0.3, -0.25) is 0 Å². The van der Waals surface area contributed by atoms with E-state index in [-0.39, 0.29) is 4.83 Å².